The summed E-state index contributed by atoms with van der Waals surface area (Å²) in [5.41, 5.74) is 0.624. The summed E-state index contributed by atoms with van der Waals surface area (Å²) in [4.78, 5) is 15.3. The highest BCUT2D eigenvalue weighted by molar-refractivity contribution is 5.70. The number of esters is 1. The van der Waals surface area contributed by atoms with Gasteiger partial charge in [-0.2, -0.15) is 0 Å². The molecule has 0 spiro atoms. The molecule has 2 aromatic rings. The third-order valence-electron chi connectivity index (χ3n) is 2.33. The summed E-state index contributed by atoms with van der Waals surface area (Å²) < 4.78 is 19.3. The van der Waals surface area contributed by atoms with Gasteiger partial charge in [-0.05, 0) is 12.1 Å². The lowest BCUT2D eigenvalue weighted by Gasteiger charge is -2.06. The lowest BCUT2D eigenvalue weighted by Crippen LogP contribution is -2.11. The summed E-state index contributed by atoms with van der Waals surface area (Å²) >= 11 is 0. The molecule has 0 aliphatic rings. The van der Waals surface area contributed by atoms with E-state index in [0.29, 0.717) is 11.4 Å². The summed E-state index contributed by atoms with van der Waals surface area (Å²) in [6.07, 6.45) is 3.21. The van der Waals surface area contributed by atoms with Crippen LogP contribution in [0.1, 0.15) is 0 Å². The number of methoxy groups -OCH3 is 1. The molecule has 0 radical (unpaired) electrons. The number of rotatable bonds is 3. The molecule has 0 N–H and O–H groups in total. The average Bonchev–Trinajstić information content (AvgIpc) is 2.77. The van der Waals surface area contributed by atoms with Crippen LogP contribution in [-0.2, 0) is 16.1 Å². The molecule has 0 fully saturated rings. The Kier molecular flexibility index (Phi) is 3.18. The Balaban J connectivity index is 2.33. The van der Waals surface area contributed by atoms with Crippen molar-refractivity contribution in [3.05, 3.63) is 42.5 Å². The van der Waals surface area contributed by atoms with Crippen LogP contribution in [0, 0.1) is 5.82 Å². The minimum atomic E-state index is -0.374. The zero-order chi connectivity index (χ0) is 12.3. The molecule has 1 aromatic carbocycles. The molecule has 0 aliphatic carbocycles. The van der Waals surface area contributed by atoms with Crippen molar-refractivity contribution in [3.8, 4) is 11.4 Å². The quantitative estimate of drug-likeness (QED) is 0.761. The van der Waals surface area contributed by atoms with Crippen molar-refractivity contribution >= 4 is 5.97 Å². The lowest BCUT2D eigenvalue weighted by molar-refractivity contribution is -0.141. The van der Waals surface area contributed by atoms with Crippen LogP contribution in [0.3, 0.4) is 0 Å². The normalized spacial score (nSPS) is 10.2. The van der Waals surface area contributed by atoms with Crippen molar-refractivity contribution in [1.82, 2.24) is 9.55 Å². The second-order valence-electron chi connectivity index (χ2n) is 3.47. The Morgan fingerprint density at radius 2 is 2.35 bits per heavy atom. The molecule has 17 heavy (non-hydrogen) atoms. The molecule has 1 heterocycles. The van der Waals surface area contributed by atoms with Crippen molar-refractivity contribution in [1.29, 1.82) is 0 Å². The van der Waals surface area contributed by atoms with E-state index in [2.05, 4.69) is 9.72 Å². The van der Waals surface area contributed by atoms with E-state index < -0.39 is 0 Å². The number of aromatic nitrogens is 2. The predicted molar refractivity (Wildman–Crippen MR) is 59.6 cm³/mol. The maximum atomic E-state index is 13.1. The minimum absolute atomic E-state index is 0.0579. The van der Waals surface area contributed by atoms with E-state index in [1.165, 1.54) is 19.2 Å². The molecule has 1 aromatic heterocycles. The standard InChI is InChI=1S/C12H11FN2O2/c1-17-11(16)8-15-6-5-14-12(15)9-3-2-4-10(13)7-9/h2-7H,8H2,1H3. The van der Waals surface area contributed by atoms with Gasteiger partial charge >= 0.3 is 5.97 Å². The summed E-state index contributed by atoms with van der Waals surface area (Å²) in [5, 5.41) is 0. The third-order valence-corrected chi connectivity index (χ3v) is 2.33. The first-order chi connectivity index (χ1) is 8.20. The minimum Gasteiger partial charge on any atom is -0.468 e. The van der Waals surface area contributed by atoms with Crippen LogP contribution in [0.5, 0.6) is 0 Å². The fourth-order valence-corrected chi connectivity index (χ4v) is 1.53. The molecule has 0 amide bonds. The number of ether oxygens (including phenoxy) is 1. The summed E-state index contributed by atoms with van der Waals surface area (Å²) in [6.45, 7) is 0.0579. The van der Waals surface area contributed by atoms with Gasteiger partial charge in [-0.15, -0.1) is 0 Å². The second-order valence-corrected chi connectivity index (χ2v) is 3.47. The SMILES string of the molecule is COC(=O)Cn1ccnc1-c1cccc(F)c1. The van der Waals surface area contributed by atoms with Gasteiger partial charge < -0.3 is 9.30 Å². The third kappa shape index (κ3) is 2.50. The van der Waals surface area contributed by atoms with Crippen LogP contribution in [0.25, 0.3) is 11.4 Å². The molecular weight excluding hydrogens is 223 g/mol. The highest BCUT2D eigenvalue weighted by Crippen LogP contribution is 2.18. The van der Waals surface area contributed by atoms with Crippen molar-refractivity contribution in [2.75, 3.05) is 7.11 Å². The van der Waals surface area contributed by atoms with Gasteiger partial charge in [-0.3, -0.25) is 4.79 Å². The van der Waals surface area contributed by atoms with E-state index >= 15 is 0 Å². The molecule has 0 atom stereocenters. The van der Waals surface area contributed by atoms with E-state index in [-0.39, 0.29) is 18.3 Å². The topological polar surface area (TPSA) is 44.1 Å². The number of benzene rings is 1. The van der Waals surface area contributed by atoms with Gasteiger partial charge in [0.25, 0.3) is 0 Å². The van der Waals surface area contributed by atoms with Crippen LogP contribution < -0.4 is 0 Å². The molecule has 0 bridgehead atoms. The molecule has 5 heteroatoms. The Morgan fingerprint density at radius 3 is 3.06 bits per heavy atom. The maximum absolute atomic E-state index is 13.1. The first kappa shape index (κ1) is 11.3. The fraction of sp³-hybridized carbons (Fsp3) is 0.167. The first-order valence-corrected chi connectivity index (χ1v) is 5.04. The molecule has 0 saturated heterocycles. The van der Waals surface area contributed by atoms with Gasteiger partial charge in [-0.1, -0.05) is 12.1 Å². The van der Waals surface area contributed by atoms with E-state index in [1.807, 2.05) is 0 Å². The molecular formula is C12H11FN2O2. The average molecular weight is 234 g/mol. The van der Waals surface area contributed by atoms with Gasteiger partial charge in [0, 0.05) is 18.0 Å². The highest BCUT2D eigenvalue weighted by Gasteiger charge is 2.09. The summed E-state index contributed by atoms with van der Waals surface area (Å²) in [7, 11) is 1.32. The zero-order valence-electron chi connectivity index (χ0n) is 9.26. The molecule has 0 unspecified atom stereocenters. The van der Waals surface area contributed by atoms with E-state index in [1.54, 1.807) is 29.1 Å². The number of nitrogens with zero attached hydrogens (tertiary/aromatic N) is 2. The summed E-state index contributed by atoms with van der Waals surface area (Å²) in [6, 6.07) is 6.06. The predicted octanol–water partition coefficient (Wildman–Crippen LogP) is 1.86. The summed E-state index contributed by atoms with van der Waals surface area (Å²) in [5.74, 6) is -0.175. The zero-order valence-corrected chi connectivity index (χ0v) is 9.26. The van der Waals surface area contributed by atoms with Crippen LogP contribution in [-0.4, -0.2) is 22.6 Å². The van der Waals surface area contributed by atoms with Crippen LogP contribution in [0.15, 0.2) is 36.7 Å². The molecule has 88 valence electrons. The smallest absolute Gasteiger partial charge is 0.325 e. The van der Waals surface area contributed by atoms with Crippen LogP contribution >= 0.6 is 0 Å². The Morgan fingerprint density at radius 1 is 1.53 bits per heavy atom. The van der Waals surface area contributed by atoms with E-state index in [4.69, 9.17) is 0 Å². The van der Waals surface area contributed by atoms with Crippen molar-refractivity contribution in [3.63, 3.8) is 0 Å². The van der Waals surface area contributed by atoms with Gasteiger partial charge in [0.1, 0.15) is 18.2 Å². The lowest BCUT2D eigenvalue weighted by atomic mass is 10.2. The van der Waals surface area contributed by atoms with Gasteiger partial charge in [0.15, 0.2) is 0 Å². The van der Waals surface area contributed by atoms with Crippen LogP contribution in [0.4, 0.5) is 4.39 Å². The molecule has 4 nitrogen and oxygen atoms in total. The second kappa shape index (κ2) is 4.78. The van der Waals surface area contributed by atoms with Crippen LogP contribution in [0.2, 0.25) is 0 Å². The van der Waals surface area contributed by atoms with Gasteiger partial charge in [0.05, 0.1) is 7.11 Å². The highest BCUT2D eigenvalue weighted by atomic mass is 19.1. The largest absolute Gasteiger partial charge is 0.468 e. The van der Waals surface area contributed by atoms with Gasteiger partial charge in [0.2, 0.25) is 0 Å². The van der Waals surface area contributed by atoms with Crippen molar-refractivity contribution < 1.29 is 13.9 Å². The Labute approximate surface area is 97.7 Å². The van der Waals surface area contributed by atoms with Crippen molar-refractivity contribution in [2.45, 2.75) is 6.54 Å². The number of hydrogen-bond acceptors (Lipinski definition) is 3. The van der Waals surface area contributed by atoms with Crippen molar-refractivity contribution in [2.24, 2.45) is 0 Å². The van der Waals surface area contributed by atoms with Gasteiger partial charge in [-0.25, -0.2) is 9.37 Å². The number of imidazole rings is 1. The van der Waals surface area contributed by atoms with E-state index in [0.717, 1.165) is 0 Å². The monoisotopic (exact) mass is 234 g/mol. The maximum Gasteiger partial charge on any atom is 0.325 e. The number of carbonyl (C=O) groups is 1. The van der Waals surface area contributed by atoms with E-state index in [9.17, 15) is 9.18 Å². The first-order valence-electron chi connectivity index (χ1n) is 5.04. The molecule has 0 saturated carbocycles. The number of halogens is 1. The molecule has 0 aliphatic heterocycles. The number of hydrogen-bond donors (Lipinski definition) is 0. The number of carbonyl (C=O) groups excluding carboxylic acids is 1. The Hall–Kier alpha value is -2.17. The molecule has 2 rings (SSSR count). The fourth-order valence-electron chi connectivity index (χ4n) is 1.53. The Bertz CT molecular complexity index is 537.